The van der Waals surface area contributed by atoms with Gasteiger partial charge in [-0.3, -0.25) is 15.4 Å². The minimum atomic E-state index is -0.333. The van der Waals surface area contributed by atoms with Gasteiger partial charge in [0, 0.05) is 29.9 Å². The minimum absolute atomic E-state index is 0.0627. The lowest BCUT2D eigenvalue weighted by molar-refractivity contribution is 0.391. The van der Waals surface area contributed by atoms with Crippen LogP contribution < -0.4 is 20.9 Å². The van der Waals surface area contributed by atoms with E-state index in [1.807, 2.05) is 18.2 Å². The van der Waals surface area contributed by atoms with Crippen LogP contribution in [0, 0.1) is 22.6 Å². The number of nitrogens with two attached hydrogens (primary N) is 2. The maximum Gasteiger partial charge on any atom is 0.175 e. The number of aromatic nitrogens is 1. The zero-order chi connectivity index (χ0) is 26.8. The molecule has 2 aromatic carbocycles. The average Bonchev–Trinajstić information content (AvgIpc) is 2.94. The molecule has 0 saturated heterocycles. The maximum absolute atomic E-state index is 12.4. The third kappa shape index (κ3) is 6.84. The number of methoxy groups -OCH3 is 2. The Morgan fingerprint density at radius 1 is 1.11 bits per heavy atom. The third-order valence-electron chi connectivity index (χ3n) is 5.24. The molecule has 9 nitrogen and oxygen atoms in total. The largest absolute Gasteiger partial charge is 0.497 e. The van der Waals surface area contributed by atoms with Gasteiger partial charge in [0.25, 0.3) is 0 Å². The summed E-state index contributed by atoms with van der Waals surface area (Å²) >= 11 is 0. The van der Waals surface area contributed by atoms with Crippen LogP contribution in [0.25, 0.3) is 0 Å². The van der Waals surface area contributed by atoms with Gasteiger partial charge in [0.1, 0.15) is 23.0 Å². The van der Waals surface area contributed by atoms with Crippen molar-refractivity contribution >= 4 is 17.3 Å². The van der Waals surface area contributed by atoms with E-state index in [-0.39, 0.29) is 36.2 Å². The summed E-state index contributed by atoms with van der Waals surface area (Å²) in [5.41, 5.74) is 14.5. The molecule has 0 fully saturated rings. The van der Waals surface area contributed by atoms with Gasteiger partial charge in [0.2, 0.25) is 0 Å². The zero-order valence-corrected chi connectivity index (χ0v) is 20.4. The SMILES string of the molecule is COc1ccc(CN=C2N=C(c3cccc(C#N)c3)C=C(N)C2=N)c(OC)c1.NCc1ncccc1F. The molecule has 4 rings (SSSR count). The van der Waals surface area contributed by atoms with E-state index in [0.717, 1.165) is 11.1 Å². The summed E-state index contributed by atoms with van der Waals surface area (Å²) in [5.74, 6) is 1.22. The van der Waals surface area contributed by atoms with Crippen molar-refractivity contribution in [3.05, 3.63) is 101 Å². The van der Waals surface area contributed by atoms with Crippen molar-refractivity contribution in [2.24, 2.45) is 21.5 Å². The van der Waals surface area contributed by atoms with Crippen molar-refractivity contribution in [3.8, 4) is 17.6 Å². The third-order valence-corrected chi connectivity index (χ3v) is 5.24. The average molecular weight is 500 g/mol. The highest BCUT2D eigenvalue weighted by Crippen LogP contribution is 2.25. The van der Waals surface area contributed by atoms with Gasteiger partial charge in [-0.05, 0) is 42.5 Å². The first kappa shape index (κ1) is 26.7. The van der Waals surface area contributed by atoms with E-state index < -0.39 is 0 Å². The molecule has 0 unspecified atom stereocenters. The molecule has 3 aromatic rings. The van der Waals surface area contributed by atoms with Crippen LogP contribution in [0.5, 0.6) is 11.5 Å². The Morgan fingerprint density at radius 2 is 1.92 bits per heavy atom. The predicted molar refractivity (Wildman–Crippen MR) is 140 cm³/mol. The van der Waals surface area contributed by atoms with Gasteiger partial charge in [0.15, 0.2) is 5.84 Å². The van der Waals surface area contributed by atoms with E-state index in [2.05, 4.69) is 21.0 Å². The molecule has 0 atom stereocenters. The second-order valence-corrected chi connectivity index (χ2v) is 7.62. The molecule has 0 aliphatic carbocycles. The molecule has 37 heavy (non-hydrogen) atoms. The summed E-state index contributed by atoms with van der Waals surface area (Å²) in [5, 5.41) is 17.3. The van der Waals surface area contributed by atoms with Crippen LogP contribution in [0.1, 0.15) is 22.4 Å². The number of pyridine rings is 1. The van der Waals surface area contributed by atoms with Gasteiger partial charge in [-0.15, -0.1) is 0 Å². The monoisotopic (exact) mass is 499 g/mol. The summed E-state index contributed by atoms with van der Waals surface area (Å²) < 4.78 is 23.0. The molecule has 5 N–H and O–H groups in total. The number of ether oxygens (including phenoxy) is 2. The number of nitrogens with zero attached hydrogens (tertiary/aromatic N) is 4. The molecule has 2 heterocycles. The zero-order valence-electron chi connectivity index (χ0n) is 20.4. The normalized spacial score (nSPS) is 13.6. The van der Waals surface area contributed by atoms with Crippen LogP contribution in [-0.4, -0.2) is 36.5 Å². The first-order chi connectivity index (χ1) is 17.9. The fourth-order valence-corrected chi connectivity index (χ4v) is 3.27. The number of nitriles is 1. The number of halogens is 1. The Labute approximate surface area is 214 Å². The van der Waals surface area contributed by atoms with Gasteiger partial charge in [-0.1, -0.05) is 12.1 Å². The summed E-state index contributed by atoms with van der Waals surface area (Å²) in [7, 11) is 3.16. The van der Waals surface area contributed by atoms with Crippen LogP contribution in [0.3, 0.4) is 0 Å². The van der Waals surface area contributed by atoms with E-state index in [1.54, 1.807) is 44.6 Å². The molecule has 1 aliphatic heterocycles. The molecular formula is C27H26FN7O2. The summed E-state index contributed by atoms with van der Waals surface area (Å²) in [6.45, 7) is 0.430. The number of allylic oxidation sites excluding steroid dienone is 1. The number of dihydropyridines is 1. The van der Waals surface area contributed by atoms with E-state index >= 15 is 0 Å². The highest BCUT2D eigenvalue weighted by atomic mass is 19.1. The Hall–Kier alpha value is -4.88. The number of amidine groups is 1. The number of hydrogen-bond donors (Lipinski definition) is 3. The smallest absolute Gasteiger partial charge is 0.175 e. The molecule has 188 valence electrons. The quantitative estimate of drug-likeness (QED) is 0.471. The second kappa shape index (κ2) is 12.7. The Balaban J connectivity index is 0.000000356. The number of hydrogen-bond acceptors (Lipinski definition) is 8. The number of rotatable bonds is 6. The van der Waals surface area contributed by atoms with Gasteiger partial charge >= 0.3 is 0 Å². The van der Waals surface area contributed by atoms with E-state index in [4.69, 9.17) is 31.6 Å². The van der Waals surface area contributed by atoms with Crippen molar-refractivity contribution in [1.82, 2.24) is 4.98 Å². The van der Waals surface area contributed by atoms with Crippen LogP contribution in [0.15, 0.2) is 82.6 Å². The standard InChI is InChI=1S/C21H19N5O2.C6H7FN2/c1-27-16-7-6-15(19(9-16)28-2)12-25-21-20(24)17(23)10-18(26-21)14-5-3-4-13(8-14)11-22;7-5-2-1-3-9-6(5)4-8/h3-10,24H,12,23H2,1-2H3;1-3H,4,8H2. The summed E-state index contributed by atoms with van der Waals surface area (Å²) in [6.07, 6.45) is 3.14. The molecule has 0 bridgehead atoms. The number of nitrogens with one attached hydrogen (secondary N) is 1. The topological polar surface area (TPSA) is 156 Å². The number of benzene rings is 2. The van der Waals surface area contributed by atoms with E-state index in [0.29, 0.717) is 28.5 Å². The van der Waals surface area contributed by atoms with Crippen molar-refractivity contribution in [2.45, 2.75) is 13.1 Å². The Kier molecular flexibility index (Phi) is 9.18. The van der Waals surface area contributed by atoms with E-state index in [1.165, 1.54) is 18.3 Å². The lowest BCUT2D eigenvalue weighted by Gasteiger charge is -2.14. The predicted octanol–water partition coefficient (Wildman–Crippen LogP) is 3.52. The van der Waals surface area contributed by atoms with Crippen molar-refractivity contribution < 1.29 is 13.9 Å². The lowest BCUT2D eigenvalue weighted by atomic mass is 10.0. The molecule has 10 heteroatoms. The highest BCUT2D eigenvalue weighted by Gasteiger charge is 2.18. The molecule has 1 aromatic heterocycles. The molecule has 0 amide bonds. The molecular weight excluding hydrogens is 473 g/mol. The second-order valence-electron chi connectivity index (χ2n) is 7.62. The van der Waals surface area contributed by atoms with Crippen molar-refractivity contribution in [3.63, 3.8) is 0 Å². The first-order valence-electron chi connectivity index (χ1n) is 11.1. The molecule has 0 radical (unpaired) electrons. The highest BCUT2D eigenvalue weighted by molar-refractivity contribution is 6.50. The van der Waals surface area contributed by atoms with Crippen molar-refractivity contribution in [2.75, 3.05) is 14.2 Å². The first-order valence-corrected chi connectivity index (χ1v) is 11.1. The minimum Gasteiger partial charge on any atom is -0.497 e. The van der Waals surface area contributed by atoms with E-state index in [9.17, 15) is 4.39 Å². The fraction of sp³-hybridized carbons (Fsp3) is 0.148. The van der Waals surface area contributed by atoms with Gasteiger partial charge in [-0.25, -0.2) is 9.38 Å². The maximum atomic E-state index is 12.4. The molecule has 0 saturated carbocycles. The fourth-order valence-electron chi connectivity index (χ4n) is 3.27. The van der Waals surface area contributed by atoms with Crippen LogP contribution in [-0.2, 0) is 13.1 Å². The Morgan fingerprint density at radius 3 is 2.57 bits per heavy atom. The number of aliphatic imine (C=N–C) groups is 2. The summed E-state index contributed by atoms with van der Waals surface area (Å²) in [4.78, 5) is 12.6. The van der Waals surface area contributed by atoms with Gasteiger partial charge in [-0.2, -0.15) is 5.26 Å². The van der Waals surface area contributed by atoms with Crippen molar-refractivity contribution in [1.29, 1.82) is 10.7 Å². The van der Waals surface area contributed by atoms with Crippen LogP contribution in [0.2, 0.25) is 0 Å². The van der Waals surface area contributed by atoms with Crippen LogP contribution in [0.4, 0.5) is 4.39 Å². The van der Waals surface area contributed by atoms with Crippen LogP contribution >= 0.6 is 0 Å². The lowest BCUT2D eigenvalue weighted by Crippen LogP contribution is -2.26. The van der Waals surface area contributed by atoms with Gasteiger partial charge in [0.05, 0.1) is 49.5 Å². The van der Waals surface area contributed by atoms with Gasteiger partial charge < -0.3 is 20.9 Å². The molecule has 0 spiro atoms. The Bertz CT molecular complexity index is 1420. The molecule has 1 aliphatic rings. The summed E-state index contributed by atoms with van der Waals surface area (Å²) in [6, 6.07) is 17.5.